The van der Waals surface area contributed by atoms with Crippen molar-refractivity contribution in [3.8, 4) is 11.3 Å². The molecular weight excluding hydrogens is 386 g/mol. The van der Waals surface area contributed by atoms with Gasteiger partial charge < -0.3 is 14.7 Å². The molecule has 4 aromatic rings. The summed E-state index contributed by atoms with van der Waals surface area (Å²) >= 11 is 1.72. The third kappa shape index (κ3) is 3.36. The van der Waals surface area contributed by atoms with Crippen LogP contribution in [0, 0.1) is 0 Å². The molecule has 1 aromatic carbocycles. The van der Waals surface area contributed by atoms with Crippen LogP contribution in [-0.4, -0.2) is 40.9 Å². The summed E-state index contributed by atoms with van der Waals surface area (Å²) in [7, 11) is 0. The Morgan fingerprint density at radius 2 is 1.93 bits per heavy atom. The summed E-state index contributed by atoms with van der Waals surface area (Å²) in [5.74, 6) is 0.481. The number of thioether (sulfide) groups is 1. The Balaban J connectivity index is 1.63. The molecule has 7 nitrogen and oxygen atoms in total. The molecule has 29 heavy (non-hydrogen) atoms. The fourth-order valence-electron chi connectivity index (χ4n) is 4.02. The summed E-state index contributed by atoms with van der Waals surface area (Å²) in [4.78, 5) is 25.8. The minimum atomic E-state index is -0.189. The van der Waals surface area contributed by atoms with Crippen molar-refractivity contribution in [3.63, 3.8) is 0 Å². The standard InChI is InChI=1S/C21H23N5O2S/c27-12-11-25-18-17(23-21(25)29-15-9-5-2-6-10-15)19(28)26-13-16(22-20(26)24-18)14-7-3-1-4-8-14/h1,3-4,7-8,13,15,27H,2,5-6,9-12H2,(H,22,24). The topological polar surface area (TPSA) is 88.2 Å². The zero-order valence-corrected chi connectivity index (χ0v) is 16.9. The lowest BCUT2D eigenvalue weighted by Crippen LogP contribution is -2.14. The summed E-state index contributed by atoms with van der Waals surface area (Å²) in [6, 6.07) is 9.84. The largest absolute Gasteiger partial charge is 0.395 e. The number of rotatable bonds is 5. The molecule has 8 heteroatoms. The number of aliphatic hydroxyl groups excluding tert-OH is 1. The van der Waals surface area contributed by atoms with Crippen LogP contribution in [0.15, 0.2) is 46.5 Å². The van der Waals surface area contributed by atoms with Crippen molar-refractivity contribution in [2.24, 2.45) is 0 Å². The third-order valence-electron chi connectivity index (χ3n) is 5.50. The summed E-state index contributed by atoms with van der Waals surface area (Å²) in [5.41, 5.74) is 2.51. The van der Waals surface area contributed by atoms with E-state index in [0.717, 1.165) is 16.4 Å². The number of nitrogens with one attached hydrogen (secondary N) is 1. The SMILES string of the molecule is O=c1c2nc(SC3CCCCC3)n(CCO)c2nc2[nH]c(-c3ccccc3)cn12. The van der Waals surface area contributed by atoms with Gasteiger partial charge in [-0.05, 0) is 18.4 Å². The molecule has 0 saturated heterocycles. The smallest absolute Gasteiger partial charge is 0.287 e. The molecule has 0 amide bonds. The normalized spacial score (nSPS) is 15.5. The monoisotopic (exact) mass is 409 g/mol. The Labute approximate surface area is 171 Å². The molecule has 1 saturated carbocycles. The lowest BCUT2D eigenvalue weighted by molar-refractivity contribution is 0.273. The van der Waals surface area contributed by atoms with Crippen LogP contribution in [0.1, 0.15) is 32.1 Å². The number of hydrogen-bond acceptors (Lipinski definition) is 5. The zero-order valence-electron chi connectivity index (χ0n) is 16.0. The number of fused-ring (bicyclic) bond motifs is 2. The highest BCUT2D eigenvalue weighted by Crippen LogP contribution is 2.34. The number of H-pyrrole nitrogens is 1. The van der Waals surface area contributed by atoms with E-state index >= 15 is 0 Å². The Bertz CT molecular complexity index is 1200. The quantitative estimate of drug-likeness (QED) is 0.527. The van der Waals surface area contributed by atoms with Gasteiger partial charge in [0.1, 0.15) is 0 Å². The van der Waals surface area contributed by atoms with Gasteiger partial charge in [0.2, 0.25) is 5.78 Å². The zero-order chi connectivity index (χ0) is 19.8. The van der Waals surface area contributed by atoms with Crippen molar-refractivity contribution in [2.45, 2.75) is 49.1 Å². The molecular formula is C21H23N5O2S. The Morgan fingerprint density at radius 3 is 2.69 bits per heavy atom. The number of aliphatic hydroxyl groups is 1. The summed E-state index contributed by atoms with van der Waals surface area (Å²) in [6.45, 7) is 0.352. The Hall–Kier alpha value is -2.58. The molecule has 2 N–H and O–H groups in total. The molecule has 0 aliphatic heterocycles. The van der Waals surface area contributed by atoms with Gasteiger partial charge in [-0.2, -0.15) is 4.98 Å². The van der Waals surface area contributed by atoms with E-state index in [1.165, 1.54) is 36.5 Å². The predicted octanol–water partition coefficient (Wildman–Crippen LogP) is 3.46. The number of nitrogens with zero attached hydrogens (tertiary/aromatic N) is 4. The lowest BCUT2D eigenvalue weighted by atomic mass is 10.0. The van der Waals surface area contributed by atoms with Crippen molar-refractivity contribution >= 4 is 28.7 Å². The molecule has 3 aromatic heterocycles. The van der Waals surface area contributed by atoms with Crippen molar-refractivity contribution in [1.82, 2.24) is 23.9 Å². The average molecular weight is 410 g/mol. The molecule has 1 aliphatic rings. The number of hydrogen-bond donors (Lipinski definition) is 2. The van der Waals surface area contributed by atoms with E-state index < -0.39 is 0 Å². The fraction of sp³-hybridized carbons (Fsp3) is 0.381. The van der Waals surface area contributed by atoms with E-state index in [0.29, 0.717) is 28.7 Å². The van der Waals surface area contributed by atoms with Crippen LogP contribution in [0.2, 0.25) is 0 Å². The van der Waals surface area contributed by atoms with Gasteiger partial charge in [0, 0.05) is 18.0 Å². The fourth-order valence-corrected chi connectivity index (χ4v) is 5.34. The van der Waals surface area contributed by atoms with Gasteiger partial charge in [-0.1, -0.05) is 61.4 Å². The van der Waals surface area contributed by atoms with E-state index in [1.54, 1.807) is 18.0 Å². The first-order chi connectivity index (χ1) is 14.2. The maximum absolute atomic E-state index is 13.2. The summed E-state index contributed by atoms with van der Waals surface area (Å²) in [5, 5.41) is 10.9. The number of aromatic amines is 1. The maximum Gasteiger partial charge on any atom is 0.287 e. The van der Waals surface area contributed by atoms with E-state index in [4.69, 9.17) is 4.98 Å². The second-order valence-corrected chi connectivity index (χ2v) is 8.73. The van der Waals surface area contributed by atoms with Gasteiger partial charge in [0.05, 0.1) is 12.3 Å². The van der Waals surface area contributed by atoms with Gasteiger partial charge in [-0.25, -0.2) is 9.38 Å². The Kier molecular flexibility index (Phi) is 4.89. The second-order valence-electron chi connectivity index (χ2n) is 7.46. The van der Waals surface area contributed by atoms with Crippen LogP contribution in [0.5, 0.6) is 0 Å². The van der Waals surface area contributed by atoms with Crippen LogP contribution in [0.3, 0.4) is 0 Å². The summed E-state index contributed by atoms with van der Waals surface area (Å²) in [6.07, 6.45) is 7.88. The molecule has 0 radical (unpaired) electrons. The first-order valence-corrected chi connectivity index (χ1v) is 11.0. The van der Waals surface area contributed by atoms with E-state index in [2.05, 4.69) is 9.97 Å². The highest BCUT2D eigenvalue weighted by molar-refractivity contribution is 7.99. The van der Waals surface area contributed by atoms with Crippen molar-refractivity contribution in [2.75, 3.05) is 6.61 Å². The van der Waals surface area contributed by atoms with Crippen LogP contribution < -0.4 is 5.56 Å². The lowest BCUT2D eigenvalue weighted by Gasteiger charge is -2.20. The molecule has 0 bridgehead atoms. The molecule has 150 valence electrons. The minimum absolute atomic E-state index is 0.0231. The maximum atomic E-state index is 13.2. The predicted molar refractivity (Wildman–Crippen MR) is 114 cm³/mol. The van der Waals surface area contributed by atoms with Crippen LogP contribution in [0.25, 0.3) is 28.2 Å². The first-order valence-electron chi connectivity index (χ1n) is 10.1. The molecule has 3 heterocycles. The van der Waals surface area contributed by atoms with Gasteiger partial charge in [-0.3, -0.25) is 4.79 Å². The van der Waals surface area contributed by atoms with E-state index in [1.807, 2.05) is 34.9 Å². The van der Waals surface area contributed by atoms with Crippen LogP contribution >= 0.6 is 11.8 Å². The first kappa shape index (κ1) is 18.4. The number of aromatic nitrogens is 5. The Morgan fingerprint density at radius 1 is 1.14 bits per heavy atom. The van der Waals surface area contributed by atoms with E-state index in [-0.39, 0.29) is 12.2 Å². The highest BCUT2D eigenvalue weighted by atomic mass is 32.2. The van der Waals surface area contributed by atoms with Crippen molar-refractivity contribution in [3.05, 3.63) is 46.9 Å². The third-order valence-corrected chi connectivity index (χ3v) is 6.83. The molecule has 0 spiro atoms. The van der Waals surface area contributed by atoms with Gasteiger partial charge in [0.15, 0.2) is 16.3 Å². The van der Waals surface area contributed by atoms with Crippen molar-refractivity contribution < 1.29 is 5.11 Å². The average Bonchev–Trinajstić information content (AvgIpc) is 3.33. The van der Waals surface area contributed by atoms with Crippen LogP contribution in [-0.2, 0) is 6.54 Å². The number of imidazole rings is 2. The van der Waals surface area contributed by atoms with Crippen LogP contribution in [0.4, 0.5) is 0 Å². The molecule has 0 unspecified atom stereocenters. The highest BCUT2D eigenvalue weighted by Gasteiger charge is 2.22. The van der Waals surface area contributed by atoms with Gasteiger partial charge >= 0.3 is 0 Å². The molecule has 1 aliphatic carbocycles. The second kappa shape index (κ2) is 7.68. The molecule has 1 fully saturated rings. The molecule has 0 atom stereocenters. The minimum Gasteiger partial charge on any atom is -0.395 e. The van der Waals surface area contributed by atoms with Gasteiger partial charge in [-0.15, -0.1) is 0 Å². The molecule has 5 rings (SSSR count). The van der Waals surface area contributed by atoms with Gasteiger partial charge in [0.25, 0.3) is 5.56 Å². The van der Waals surface area contributed by atoms with E-state index in [9.17, 15) is 9.90 Å². The summed E-state index contributed by atoms with van der Waals surface area (Å²) < 4.78 is 3.41. The van der Waals surface area contributed by atoms with Crippen molar-refractivity contribution in [1.29, 1.82) is 0 Å². The number of benzene rings is 1.